The van der Waals surface area contributed by atoms with E-state index in [0.717, 1.165) is 24.9 Å². The van der Waals surface area contributed by atoms with E-state index >= 15 is 0 Å². The maximum absolute atomic E-state index is 12.5. The van der Waals surface area contributed by atoms with Gasteiger partial charge in [-0.1, -0.05) is 42.5 Å². The molecule has 4 heteroatoms. The van der Waals surface area contributed by atoms with Crippen molar-refractivity contribution in [2.24, 2.45) is 5.92 Å². The molecule has 25 heavy (non-hydrogen) atoms. The predicted molar refractivity (Wildman–Crippen MR) is 94.3 cm³/mol. The maximum Gasteiger partial charge on any atom is 0.335 e. The lowest BCUT2D eigenvalue weighted by Crippen LogP contribution is -2.53. The Morgan fingerprint density at radius 3 is 2.40 bits per heavy atom. The number of nitrogens with zero attached hydrogens (tertiary/aromatic N) is 1. The first-order chi connectivity index (χ1) is 12.1. The third-order valence-electron chi connectivity index (χ3n) is 5.58. The molecule has 4 nitrogen and oxygen atoms in total. The van der Waals surface area contributed by atoms with Gasteiger partial charge in [-0.2, -0.15) is 0 Å². The molecule has 0 aromatic heterocycles. The van der Waals surface area contributed by atoms with E-state index in [0.29, 0.717) is 12.2 Å². The van der Waals surface area contributed by atoms with E-state index in [2.05, 4.69) is 17.0 Å². The summed E-state index contributed by atoms with van der Waals surface area (Å²) in [5.74, 6) is -0.550. The Balaban J connectivity index is 1.68. The molecule has 2 aromatic rings. The summed E-state index contributed by atoms with van der Waals surface area (Å²) in [5.41, 5.74) is 2.57. The number of ketones is 1. The van der Waals surface area contributed by atoms with Crippen LogP contribution in [-0.4, -0.2) is 27.8 Å². The highest BCUT2D eigenvalue weighted by Crippen LogP contribution is 2.46. The van der Waals surface area contributed by atoms with Crippen LogP contribution in [0.4, 0.5) is 0 Å². The van der Waals surface area contributed by atoms with E-state index in [4.69, 9.17) is 5.11 Å². The number of carboxylic acids is 1. The first-order valence-electron chi connectivity index (χ1n) is 8.79. The monoisotopic (exact) mass is 335 g/mol. The molecule has 3 fully saturated rings. The Bertz CT molecular complexity index is 785. The molecule has 2 aliphatic heterocycles. The van der Waals surface area contributed by atoms with Gasteiger partial charge in [0.05, 0.1) is 5.56 Å². The Morgan fingerprint density at radius 1 is 1.04 bits per heavy atom. The molecule has 3 atom stereocenters. The van der Waals surface area contributed by atoms with E-state index in [-0.39, 0.29) is 23.6 Å². The normalized spacial score (nSPS) is 25.9. The van der Waals surface area contributed by atoms with Crippen molar-refractivity contribution in [3.8, 4) is 0 Å². The van der Waals surface area contributed by atoms with Crippen LogP contribution in [0.3, 0.4) is 0 Å². The molecule has 0 amide bonds. The van der Waals surface area contributed by atoms with Crippen LogP contribution in [0.2, 0.25) is 0 Å². The Hall–Kier alpha value is -2.46. The Kier molecular flexibility index (Phi) is 4.14. The van der Waals surface area contributed by atoms with Gasteiger partial charge in [0.1, 0.15) is 5.78 Å². The zero-order valence-electron chi connectivity index (χ0n) is 14.0. The van der Waals surface area contributed by atoms with Gasteiger partial charge >= 0.3 is 5.97 Å². The van der Waals surface area contributed by atoms with E-state index in [9.17, 15) is 9.59 Å². The first kappa shape index (κ1) is 16.0. The highest BCUT2D eigenvalue weighted by Gasteiger charge is 2.46. The summed E-state index contributed by atoms with van der Waals surface area (Å²) >= 11 is 0. The van der Waals surface area contributed by atoms with Crippen molar-refractivity contribution in [3.05, 3.63) is 71.3 Å². The second kappa shape index (κ2) is 6.45. The van der Waals surface area contributed by atoms with Crippen LogP contribution in [0, 0.1) is 5.92 Å². The molecule has 2 saturated heterocycles. The molecule has 3 aliphatic rings. The molecule has 2 heterocycles. The molecule has 2 bridgehead atoms. The fourth-order valence-electron chi connectivity index (χ4n) is 4.36. The van der Waals surface area contributed by atoms with Crippen molar-refractivity contribution >= 4 is 11.8 Å². The van der Waals surface area contributed by atoms with Crippen LogP contribution in [0.15, 0.2) is 54.6 Å². The number of carbonyl (C=O) groups is 2. The number of Topliss-reactive ketones (excluding diaryl/α,β-unsaturated/α-hetero) is 1. The van der Waals surface area contributed by atoms with Crippen molar-refractivity contribution in [2.75, 3.05) is 0 Å². The van der Waals surface area contributed by atoms with Gasteiger partial charge in [0.15, 0.2) is 0 Å². The highest BCUT2D eigenvalue weighted by atomic mass is 16.4. The molecular weight excluding hydrogens is 314 g/mol. The summed E-state index contributed by atoms with van der Waals surface area (Å²) in [6.07, 6.45) is 2.63. The van der Waals surface area contributed by atoms with Gasteiger partial charge in [-0.05, 0) is 36.1 Å². The molecule has 1 N–H and O–H groups in total. The summed E-state index contributed by atoms with van der Waals surface area (Å²) in [4.78, 5) is 26.0. The van der Waals surface area contributed by atoms with Crippen LogP contribution in [0.5, 0.6) is 0 Å². The van der Waals surface area contributed by atoms with Crippen LogP contribution in [0.25, 0.3) is 0 Å². The van der Waals surface area contributed by atoms with Crippen molar-refractivity contribution < 1.29 is 14.7 Å². The smallest absolute Gasteiger partial charge is 0.335 e. The van der Waals surface area contributed by atoms with Gasteiger partial charge in [-0.15, -0.1) is 0 Å². The van der Waals surface area contributed by atoms with Crippen molar-refractivity contribution in [2.45, 2.75) is 37.9 Å². The molecule has 0 radical (unpaired) electrons. The van der Waals surface area contributed by atoms with Crippen molar-refractivity contribution in [1.82, 2.24) is 4.90 Å². The molecule has 0 spiro atoms. The largest absolute Gasteiger partial charge is 0.478 e. The molecule has 2 aromatic carbocycles. The van der Waals surface area contributed by atoms with E-state index in [1.54, 1.807) is 12.1 Å². The van der Waals surface area contributed by atoms with E-state index in [1.165, 1.54) is 5.56 Å². The lowest BCUT2D eigenvalue weighted by Gasteiger charge is -2.50. The topological polar surface area (TPSA) is 57.6 Å². The van der Waals surface area contributed by atoms with Gasteiger partial charge in [-0.25, -0.2) is 4.79 Å². The van der Waals surface area contributed by atoms with Gasteiger partial charge in [0.2, 0.25) is 0 Å². The Labute approximate surface area is 147 Å². The number of aromatic carboxylic acids is 1. The predicted octanol–water partition coefficient (Wildman–Crippen LogP) is 3.68. The maximum atomic E-state index is 12.5. The number of hydrogen-bond acceptors (Lipinski definition) is 3. The number of piperidine rings is 2. The fourth-order valence-corrected chi connectivity index (χ4v) is 4.36. The number of hydrogen-bond donors (Lipinski definition) is 1. The summed E-state index contributed by atoms with van der Waals surface area (Å²) < 4.78 is 0. The molecule has 5 rings (SSSR count). The number of benzene rings is 2. The summed E-state index contributed by atoms with van der Waals surface area (Å²) in [6.45, 7) is 0.820. The summed E-state index contributed by atoms with van der Waals surface area (Å²) in [5, 5.41) is 9.12. The molecule has 1 aliphatic carbocycles. The molecule has 1 saturated carbocycles. The zero-order valence-corrected chi connectivity index (χ0v) is 14.0. The van der Waals surface area contributed by atoms with Gasteiger partial charge in [-0.3, -0.25) is 9.69 Å². The average Bonchev–Trinajstić information content (AvgIpc) is 2.63. The van der Waals surface area contributed by atoms with E-state index in [1.807, 2.05) is 30.3 Å². The molecular formula is C21H21NO3. The van der Waals surface area contributed by atoms with Gasteiger partial charge in [0, 0.05) is 31.0 Å². The lowest BCUT2D eigenvalue weighted by molar-refractivity contribution is -0.138. The SMILES string of the molecule is O=C(O)c1ccc(C2C3CCC(CC3=O)N2Cc2ccccc2)cc1. The minimum absolute atomic E-state index is 0.0180. The lowest BCUT2D eigenvalue weighted by atomic mass is 9.71. The Morgan fingerprint density at radius 2 is 1.76 bits per heavy atom. The first-order valence-corrected chi connectivity index (χ1v) is 8.79. The highest BCUT2D eigenvalue weighted by molar-refractivity contribution is 5.87. The molecule has 128 valence electrons. The van der Waals surface area contributed by atoms with Crippen molar-refractivity contribution in [1.29, 1.82) is 0 Å². The number of rotatable bonds is 4. The van der Waals surface area contributed by atoms with Gasteiger partial charge < -0.3 is 5.11 Å². The van der Waals surface area contributed by atoms with Crippen molar-refractivity contribution in [3.63, 3.8) is 0 Å². The second-order valence-electron chi connectivity index (χ2n) is 7.04. The fraction of sp³-hybridized carbons (Fsp3) is 0.333. The third-order valence-corrected chi connectivity index (χ3v) is 5.58. The average molecular weight is 335 g/mol. The minimum atomic E-state index is -0.922. The van der Waals surface area contributed by atoms with Crippen LogP contribution < -0.4 is 0 Å². The standard InChI is InChI=1S/C21H21NO3/c23-19-12-17-10-11-18(19)20(15-6-8-16(9-7-15)21(24)25)22(17)13-14-4-2-1-3-5-14/h1-9,17-18,20H,10-13H2,(H,24,25). The third kappa shape index (κ3) is 2.98. The van der Waals surface area contributed by atoms with Crippen LogP contribution in [0.1, 0.15) is 46.8 Å². The number of carboxylic acid groups (broad SMARTS) is 1. The van der Waals surface area contributed by atoms with E-state index < -0.39 is 5.97 Å². The quantitative estimate of drug-likeness (QED) is 0.926. The number of carbonyl (C=O) groups excluding carboxylic acids is 1. The van der Waals surface area contributed by atoms with Crippen LogP contribution >= 0.6 is 0 Å². The second-order valence-corrected chi connectivity index (χ2v) is 7.04. The van der Waals surface area contributed by atoms with Crippen LogP contribution in [-0.2, 0) is 11.3 Å². The van der Waals surface area contributed by atoms with Gasteiger partial charge in [0.25, 0.3) is 0 Å². The number of fused-ring (bicyclic) bond motifs is 3. The molecule has 3 unspecified atom stereocenters. The zero-order chi connectivity index (χ0) is 17.4. The summed E-state index contributed by atoms with van der Waals surface area (Å²) in [6, 6.07) is 17.7. The summed E-state index contributed by atoms with van der Waals surface area (Å²) in [7, 11) is 0. The minimum Gasteiger partial charge on any atom is -0.478 e.